The fourth-order valence-electron chi connectivity index (χ4n) is 4.28. The van der Waals surface area contributed by atoms with Gasteiger partial charge in [-0.05, 0) is 40.0 Å². The third kappa shape index (κ3) is 7.61. The van der Waals surface area contributed by atoms with Crippen molar-refractivity contribution in [2.24, 2.45) is 5.92 Å². The monoisotopic (exact) mass is 648 g/mol. The fourth-order valence-corrected chi connectivity index (χ4v) is 4.28. The van der Waals surface area contributed by atoms with E-state index < -0.39 is 59.7 Å². The highest BCUT2D eigenvalue weighted by molar-refractivity contribution is 5.93. The molecule has 248 valence electrons. The van der Waals surface area contributed by atoms with Crippen molar-refractivity contribution in [2.45, 2.75) is 77.8 Å². The van der Waals surface area contributed by atoms with Gasteiger partial charge in [-0.2, -0.15) is 14.4 Å². The number of rotatable bonds is 9. The maximum Gasteiger partial charge on any atom is 0.519 e. The Morgan fingerprint density at radius 1 is 1.33 bits per heavy atom. The summed E-state index contributed by atoms with van der Waals surface area (Å²) in [6.07, 6.45) is 1.30. The van der Waals surface area contributed by atoms with Crippen LogP contribution in [0.25, 0.3) is 11.2 Å². The highest BCUT2D eigenvalue weighted by Gasteiger charge is 2.52. The van der Waals surface area contributed by atoms with E-state index in [1.807, 2.05) is 0 Å². The highest BCUT2D eigenvalue weighted by Crippen LogP contribution is 2.39. The van der Waals surface area contributed by atoms with E-state index in [1.54, 1.807) is 20.8 Å². The Bertz CT molecular complexity index is 1720. The molecule has 0 radical (unpaired) electrons. The van der Waals surface area contributed by atoms with Gasteiger partial charge in [-0.3, -0.25) is 14.7 Å². The number of aryl methyl sites for hydroxylation is 1. The van der Waals surface area contributed by atoms with Crippen LogP contribution in [0, 0.1) is 31.3 Å². The molecule has 3 aromatic rings. The van der Waals surface area contributed by atoms with Gasteiger partial charge in [-0.15, -0.1) is 6.42 Å². The molecule has 3 aromatic heterocycles. The number of carbonyl (C=O) groups is 3. The van der Waals surface area contributed by atoms with E-state index in [1.165, 1.54) is 36.7 Å². The average Bonchev–Trinajstić information content (AvgIpc) is 3.63. The lowest BCUT2D eigenvalue weighted by atomic mass is 10.1. The van der Waals surface area contributed by atoms with Crippen LogP contribution in [0.5, 0.6) is 0 Å². The maximum atomic E-state index is 14.4. The van der Waals surface area contributed by atoms with Gasteiger partial charge < -0.3 is 37.8 Å². The van der Waals surface area contributed by atoms with Crippen LogP contribution in [0.4, 0.5) is 19.8 Å². The van der Waals surface area contributed by atoms with Gasteiger partial charge in [0.15, 0.2) is 35.1 Å². The van der Waals surface area contributed by atoms with E-state index in [9.17, 15) is 28.7 Å². The molecule has 18 heteroatoms. The second-order valence-corrected chi connectivity index (χ2v) is 11.4. The molecule has 2 amide bonds. The Morgan fingerprint density at radius 3 is 2.67 bits per heavy atom. The molecule has 0 aliphatic carbocycles. The summed E-state index contributed by atoms with van der Waals surface area (Å²) in [6, 6.07) is 0. The van der Waals surface area contributed by atoms with E-state index in [0.717, 1.165) is 0 Å². The average molecular weight is 649 g/mol. The Morgan fingerprint density at radius 2 is 2.04 bits per heavy atom. The predicted molar refractivity (Wildman–Crippen MR) is 152 cm³/mol. The van der Waals surface area contributed by atoms with E-state index in [-0.39, 0.29) is 54.5 Å². The molecule has 4 atom stereocenters. The number of nitrogens with one attached hydrogen (secondary N) is 1. The number of amides is 2. The topological polar surface area (TPSA) is 211 Å². The lowest BCUT2D eigenvalue weighted by Gasteiger charge is -2.28. The van der Waals surface area contributed by atoms with Gasteiger partial charge in [-0.25, -0.2) is 19.4 Å². The molecule has 1 fully saturated rings. The Labute approximate surface area is 261 Å². The zero-order valence-corrected chi connectivity index (χ0v) is 25.9. The molecule has 1 saturated heterocycles. The summed E-state index contributed by atoms with van der Waals surface area (Å²) < 4.78 is 46.7. The molecule has 1 aliphatic heterocycles. The minimum Gasteiger partial charge on any atom is -0.444 e. The first-order chi connectivity index (χ1) is 21.5. The molecule has 4 rings (SSSR count). The van der Waals surface area contributed by atoms with E-state index in [2.05, 4.69) is 26.2 Å². The molecule has 4 heterocycles. The van der Waals surface area contributed by atoms with E-state index in [4.69, 9.17) is 34.2 Å². The molecular weight excluding hydrogens is 615 g/mol. The summed E-state index contributed by atoms with van der Waals surface area (Å²) in [5, 5.41) is 13.2. The first kappa shape index (κ1) is 33.9. The van der Waals surface area contributed by atoms with Crippen LogP contribution < -0.4 is 11.1 Å². The second kappa shape index (κ2) is 13.1. The first-order valence-electron chi connectivity index (χ1n) is 14.0. The molecule has 17 nitrogen and oxygen atoms in total. The van der Waals surface area contributed by atoms with Crippen LogP contribution in [0.3, 0.4) is 0 Å². The number of fused-ring (bicyclic) bond motifs is 1. The Balaban J connectivity index is 1.39. The van der Waals surface area contributed by atoms with Crippen molar-refractivity contribution in [3.8, 4) is 12.3 Å². The number of carbonyl (C=O) groups excluding carboxylic acids is 3. The van der Waals surface area contributed by atoms with Crippen molar-refractivity contribution in [1.82, 2.24) is 24.4 Å². The smallest absolute Gasteiger partial charge is 0.444 e. The van der Waals surface area contributed by atoms with Crippen molar-refractivity contribution in [1.29, 1.82) is 0 Å². The maximum absolute atomic E-state index is 14.4. The Hall–Kier alpha value is -5.02. The van der Waals surface area contributed by atoms with Gasteiger partial charge >= 0.3 is 35.8 Å². The summed E-state index contributed by atoms with van der Waals surface area (Å²) >= 11 is 0. The van der Waals surface area contributed by atoms with Gasteiger partial charge in [0.2, 0.25) is 0 Å². The van der Waals surface area contributed by atoms with Crippen LogP contribution >= 0.6 is 0 Å². The molecule has 2 N–H and O–H groups in total. The minimum atomic E-state index is -2.22. The van der Waals surface area contributed by atoms with Gasteiger partial charge in [0.25, 0.3) is 0 Å². The van der Waals surface area contributed by atoms with Crippen molar-refractivity contribution >= 4 is 35.1 Å². The number of imidazole rings is 1. The van der Waals surface area contributed by atoms with Crippen LogP contribution in [-0.4, -0.2) is 78.8 Å². The van der Waals surface area contributed by atoms with E-state index >= 15 is 0 Å². The molecule has 0 aromatic carbocycles. The molecule has 1 aliphatic rings. The lowest BCUT2D eigenvalue weighted by Crippen LogP contribution is -2.44. The minimum absolute atomic E-state index is 0.0127. The number of aromatic nitrogens is 4. The predicted octanol–water partition coefficient (Wildman–Crippen LogP) is 2.61. The van der Waals surface area contributed by atoms with Gasteiger partial charge in [0.05, 0.1) is 12.2 Å². The van der Waals surface area contributed by atoms with Crippen molar-refractivity contribution in [3.63, 3.8) is 0 Å². The summed E-state index contributed by atoms with van der Waals surface area (Å²) in [4.78, 5) is 61.4. The zero-order valence-electron chi connectivity index (χ0n) is 25.9. The standard InChI is InChI=1S/C28H33FN6O11/c1-8-28(45-22(37)14(2)9-10-34(7)25(39)41-12-16-15(3)42-26(40)43-16)17(36)11-18(44-28)35-13-30-19-20(31-23(29)33-21(19)35)32-24(38)46-27(4,5)6/h1,13-14,17-18,36H,9-12H2,2-7H3,(H,31,32,33,38)/t14?,17-,18+,28+/m0/s1. The molecule has 1 unspecified atom stereocenters. The second-order valence-electron chi connectivity index (χ2n) is 11.4. The van der Waals surface area contributed by atoms with Crippen molar-refractivity contribution in [3.05, 3.63) is 34.5 Å². The molecule has 0 bridgehead atoms. The van der Waals surface area contributed by atoms with Crippen LogP contribution in [-0.2, 0) is 30.3 Å². The highest BCUT2D eigenvalue weighted by atomic mass is 19.1. The number of aliphatic hydroxyl groups is 1. The molecular formula is C28H33FN6O11. The number of nitrogens with zero attached hydrogens (tertiary/aromatic N) is 5. The van der Waals surface area contributed by atoms with Crippen LogP contribution in [0.1, 0.15) is 58.3 Å². The number of ether oxygens (including phenoxy) is 4. The number of aliphatic hydroxyl groups excluding tert-OH is 1. The fraction of sp³-hybridized carbons (Fsp3) is 0.536. The number of hydrogen-bond donors (Lipinski definition) is 2. The summed E-state index contributed by atoms with van der Waals surface area (Å²) in [7, 11) is 1.44. The Kier molecular flexibility index (Phi) is 9.68. The number of halogens is 1. The normalized spacial score (nSPS) is 20.2. The van der Waals surface area contributed by atoms with E-state index in [0.29, 0.717) is 0 Å². The quantitative estimate of drug-likeness (QED) is 0.148. The summed E-state index contributed by atoms with van der Waals surface area (Å²) in [6.45, 7) is 7.68. The lowest BCUT2D eigenvalue weighted by molar-refractivity contribution is -0.229. The van der Waals surface area contributed by atoms with Crippen LogP contribution in [0.15, 0.2) is 20.0 Å². The van der Waals surface area contributed by atoms with Crippen LogP contribution in [0.2, 0.25) is 0 Å². The SMILES string of the molecule is C#C[C@]1(OC(=O)C(C)CCN(C)C(=O)OCc2oc(=O)oc2C)O[C@@H](n2cnc3c(NC(=O)OC(C)(C)C)nc(F)nc32)C[C@@H]1O. The first-order valence-corrected chi connectivity index (χ1v) is 14.0. The summed E-state index contributed by atoms with van der Waals surface area (Å²) in [5.74, 6) is -2.61. The third-order valence-electron chi connectivity index (χ3n) is 6.73. The number of anilines is 1. The third-order valence-corrected chi connectivity index (χ3v) is 6.73. The van der Waals surface area contributed by atoms with Crippen molar-refractivity contribution < 1.29 is 51.7 Å². The number of terminal acetylenes is 1. The largest absolute Gasteiger partial charge is 0.519 e. The summed E-state index contributed by atoms with van der Waals surface area (Å²) in [5.41, 5.74) is -0.955. The van der Waals surface area contributed by atoms with Gasteiger partial charge in [0, 0.05) is 20.0 Å². The molecule has 46 heavy (non-hydrogen) atoms. The number of hydrogen-bond acceptors (Lipinski definition) is 14. The molecule has 0 saturated carbocycles. The zero-order chi connectivity index (χ0) is 34.0. The number of esters is 1. The van der Waals surface area contributed by atoms with Crippen molar-refractivity contribution in [2.75, 3.05) is 18.9 Å². The van der Waals surface area contributed by atoms with Gasteiger partial charge in [-0.1, -0.05) is 6.92 Å². The molecule has 0 spiro atoms. The van der Waals surface area contributed by atoms with Gasteiger partial charge in [0.1, 0.15) is 17.9 Å².